The topological polar surface area (TPSA) is 30.5 Å². The summed E-state index contributed by atoms with van der Waals surface area (Å²) in [7, 11) is 0. The highest BCUT2D eigenvalue weighted by Gasteiger charge is 2.13. The van der Waals surface area contributed by atoms with Gasteiger partial charge in [-0.1, -0.05) is 19.8 Å². The Kier molecular flexibility index (Phi) is 4.50. The second-order valence-corrected chi connectivity index (χ2v) is 2.73. The average Bonchev–Trinajstić information content (AvgIpc) is 2.50. The summed E-state index contributed by atoms with van der Waals surface area (Å²) < 4.78 is 10.6. The highest BCUT2D eigenvalue weighted by molar-refractivity contribution is 4.52. The lowest BCUT2D eigenvalue weighted by Crippen LogP contribution is -2.26. The second kappa shape index (κ2) is 5.52. The molecule has 0 radical (unpaired) electrons. The van der Waals surface area contributed by atoms with E-state index in [1.54, 1.807) is 0 Å². The van der Waals surface area contributed by atoms with Crippen LogP contribution in [0.1, 0.15) is 26.2 Å². The Morgan fingerprint density at radius 1 is 1.55 bits per heavy atom. The molecule has 0 aliphatic carbocycles. The van der Waals surface area contributed by atoms with Crippen LogP contribution in [0.2, 0.25) is 0 Å². The Hall–Kier alpha value is -0.120. The first-order valence-corrected chi connectivity index (χ1v) is 4.40. The van der Waals surface area contributed by atoms with E-state index in [0.717, 1.165) is 26.2 Å². The molecule has 11 heavy (non-hydrogen) atoms. The summed E-state index contributed by atoms with van der Waals surface area (Å²) in [5.41, 5.74) is 0. The van der Waals surface area contributed by atoms with Gasteiger partial charge < -0.3 is 9.47 Å². The van der Waals surface area contributed by atoms with Crippen molar-refractivity contribution in [3.63, 3.8) is 0 Å². The third-order valence-corrected chi connectivity index (χ3v) is 1.70. The quantitative estimate of drug-likeness (QED) is 0.609. The van der Waals surface area contributed by atoms with Gasteiger partial charge in [0.15, 0.2) is 0 Å². The molecule has 1 heterocycles. The Morgan fingerprint density at radius 2 is 2.45 bits per heavy atom. The maximum Gasteiger partial charge on any atom is 0.216 e. The predicted molar refractivity (Wildman–Crippen MR) is 43.2 cm³/mol. The van der Waals surface area contributed by atoms with Crippen molar-refractivity contribution in [3.05, 3.63) is 0 Å². The summed E-state index contributed by atoms with van der Waals surface area (Å²) in [6, 6.07) is 0. The minimum atomic E-state index is -0.133. The van der Waals surface area contributed by atoms with Crippen LogP contribution in [0.25, 0.3) is 0 Å². The maximum absolute atomic E-state index is 5.37. The molecule has 1 saturated heterocycles. The van der Waals surface area contributed by atoms with Crippen molar-refractivity contribution in [2.75, 3.05) is 19.8 Å². The van der Waals surface area contributed by atoms with E-state index in [9.17, 15) is 0 Å². The van der Waals surface area contributed by atoms with Gasteiger partial charge in [-0.05, 0) is 6.42 Å². The summed E-state index contributed by atoms with van der Waals surface area (Å²) in [5.74, 6) is 0. The highest BCUT2D eigenvalue weighted by atomic mass is 16.7. The fourth-order valence-corrected chi connectivity index (χ4v) is 1.05. The zero-order valence-electron chi connectivity index (χ0n) is 7.14. The SMILES string of the molecule is CCCCCOC1NCCO1. The molecule has 1 aliphatic rings. The van der Waals surface area contributed by atoms with E-state index in [1.807, 2.05) is 0 Å². The zero-order valence-corrected chi connectivity index (χ0v) is 7.14. The van der Waals surface area contributed by atoms with Crippen molar-refractivity contribution in [2.24, 2.45) is 0 Å². The normalized spacial score (nSPS) is 24.3. The smallest absolute Gasteiger partial charge is 0.216 e. The lowest BCUT2D eigenvalue weighted by atomic mass is 10.3. The molecule has 66 valence electrons. The van der Waals surface area contributed by atoms with Crippen LogP contribution in [0.5, 0.6) is 0 Å². The molecule has 0 bridgehead atoms. The van der Waals surface area contributed by atoms with Crippen molar-refractivity contribution in [3.8, 4) is 0 Å². The van der Waals surface area contributed by atoms with Gasteiger partial charge in [0.1, 0.15) is 0 Å². The minimum Gasteiger partial charge on any atom is -0.340 e. The number of hydrogen-bond donors (Lipinski definition) is 1. The van der Waals surface area contributed by atoms with Crippen molar-refractivity contribution >= 4 is 0 Å². The van der Waals surface area contributed by atoms with Crippen LogP contribution in [0, 0.1) is 0 Å². The molecule has 0 aromatic heterocycles. The summed E-state index contributed by atoms with van der Waals surface area (Å²) in [6.45, 7) is 4.69. The first-order valence-electron chi connectivity index (χ1n) is 4.40. The molecule has 0 aromatic carbocycles. The van der Waals surface area contributed by atoms with Gasteiger partial charge in [0.05, 0.1) is 13.2 Å². The average molecular weight is 159 g/mol. The van der Waals surface area contributed by atoms with E-state index in [4.69, 9.17) is 9.47 Å². The van der Waals surface area contributed by atoms with Gasteiger partial charge in [-0.3, -0.25) is 5.32 Å². The van der Waals surface area contributed by atoms with Gasteiger partial charge >= 0.3 is 0 Å². The van der Waals surface area contributed by atoms with E-state index in [2.05, 4.69) is 12.2 Å². The van der Waals surface area contributed by atoms with E-state index in [1.165, 1.54) is 12.8 Å². The first-order chi connectivity index (χ1) is 5.43. The van der Waals surface area contributed by atoms with Crippen LogP contribution in [-0.4, -0.2) is 26.2 Å². The van der Waals surface area contributed by atoms with Crippen LogP contribution in [-0.2, 0) is 9.47 Å². The van der Waals surface area contributed by atoms with Crippen molar-refractivity contribution in [1.82, 2.24) is 5.32 Å². The highest BCUT2D eigenvalue weighted by Crippen LogP contribution is 2.00. The molecule has 0 amide bonds. The molecule has 1 rings (SSSR count). The van der Waals surface area contributed by atoms with Crippen LogP contribution in [0.3, 0.4) is 0 Å². The number of ether oxygens (including phenoxy) is 2. The fraction of sp³-hybridized carbons (Fsp3) is 1.00. The van der Waals surface area contributed by atoms with Crippen LogP contribution in [0.15, 0.2) is 0 Å². The van der Waals surface area contributed by atoms with Crippen LogP contribution in [0.4, 0.5) is 0 Å². The number of hydrogen-bond acceptors (Lipinski definition) is 3. The first kappa shape index (κ1) is 8.97. The third-order valence-electron chi connectivity index (χ3n) is 1.70. The van der Waals surface area contributed by atoms with Crippen molar-refractivity contribution in [2.45, 2.75) is 32.6 Å². The zero-order chi connectivity index (χ0) is 7.94. The number of rotatable bonds is 5. The molecule has 1 N–H and O–H groups in total. The van der Waals surface area contributed by atoms with Gasteiger partial charge in [-0.2, -0.15) is 0 Å². The lowest BCUT2D eigenvalue weighted by molar-refractivity contribution is -0.123. The number of nitrogens with one attached hydrogen (secondary N) is 1. The summed E-state index contributed by atoms with van der Waals surface area (Å²) in [4.78, 5) is 0. The molecular formula is C8H17NO2. The molecule has 3 heteroatoms. The summed E-state index contributed by atoms with van der Waals surface area (Å²) >= 11 is 0. The van der Waals surface area contributed by atoms with E-state index < -0.39 is 0 Å². The predicted octanol–water partition coefficient (Wildman–Crippen LogP) is 1.10. The molecule has 3 nitrogen and oxygen atoms in total. The second-order valence-electron chi connectivity index (χ2n) is 2.73. The lowest BCUT2D eigenvalue weighted by Gasteiger charge is -2.10. The van der Waals surface area contributed by atoms with Gasteiger partial charge in [0, 0.05) is 6.54 Å². The molecule has 1 atom stereocenters. The van der Waals surface area contributed by atoms with Gasteiger partial charge in [-0.25, -0.2) is 0 Å². The summed E-state index contributed by atoms with van der Waals surface area (Å²) in [5, 5.41) is 3.09. The Bertz CT molecular complexity index is 92.1. The third kappa shape index (κ3) is 3.70. The Balaban J connectivity index is 1.86. The van der Waals surface area contributed by atoms with E-state index in [0.29, 0.717) is 0 Å². The minimum absolute atomic E-state index is 0.133. The number of unbranched alkanes of at least 4 members (excludes halogenated alkanes) is 2. The van der Waals surface area contributed by atoms with Gasteiger partial charge in [0.25, 0.3) is 0 Å². The Morgan fingerprint density at radius 3 is 3.09 bits per heavy atom. The van der Waals surface area contributed by atoms with Crippen LogP contribution >= 0.6 is 0 Å². The molecule has 0 spiro atoms. The van der Waals surface area contributed by atoms with Crippen LogP contribution < -0.4 is 5.32 Å². The van der Waals surface area contributed by atoms with Crippen molar-refractivity contribution < 1.29 is 9.47 Å². The van der Waals surface area contributed by atoms with E-state index in [-0.39, 0.29) is 6.41 Å². The molecule has 1 unspecified atom stereocenters. The summed E-state index contributed by atoms with van der Waals surface area (Å²) in [6.07, 6.45) is 3.49. The molecule has 0 aromatic rings. The standard InChI is InChI=1S/C8H17NO2/c1-2-3-4-6-10-8-9-5-7-11-8/h8-9H,2-7H2,1H3. The molecular weight excluding hydrogens is 142 g/mol. The van der Waals surface area contributed by atoms with Crippen molar-refractivity contribution in [1.29, 1.82) is 0 Å². The monoisotopic (exact) mass is 159 g/mol. The van der Waals surface area contributed by atoms with E-state index >= 15 is 0 Å². The van der Waals surface area contributed by atoms with Gasteiger partial charge in [-0.15, -0.1) is 0 Å². The molecule has 0 saturated carbocycles. The van der Waals surface area contributed by atoms with Gasteiger partial charge in [0.2, 0.25) is 6.41 Å². The largest absolute Gasteiger partial charge is 0.340 e. The fourth-order valence-electron chi connectivity index (χ4n) is 1.05. The molecule has 1 fully saturated rings. The molecule has 1 aliphatic heterocycles. The maximum atomic E-state index is 5.37. The Labute approximate surface area is 68.1 Å².